The third-order valence-electron chi connectivity index (χ3n) is 2.94. The smallest absolute Gasteiger partial charge is 0.416 e. The number of alkyl halides is 3. The summed E-state index contributed by atoms with van der Waals surface area (Å²) in [5.74, 6) is 0.960. The van der Waals surface area contributed by atoms with Gasteiger partial charge in [-0.05, 0) is 37.7 Å². The van der Waals surface area contributed by atoms with Gasteiger partial charge in [0, 0.05) is 12.0 Å². The summed E-state index contributed by atoms with van der Waals surface area (Å²) in [7, 11) is 1.89. The molecule has 0 spiro atoms. The van der Waals surface area contributed by atoms with Gasteiger partial charge >= 0.3 is 6.18 Å². The van der Waals surface area contributed by atoms with E-state index in [1.54, 1.807) is 0 Å². The van der Waals surface area contributed by atoms with E-state index in [0.29, 0.717) is 24.3 Å². The fourth-order valence-corrected chi connectivity index (χ4v) is 1.73. The Balaban J connectivity index is 1.86. The molecule has 1 aliphatic carbocycles. The largest absolute Gasteiger partial charge is 0.493 e. The number of nitrogens with one attached hydrogen (secondary N) is 1. The van der Waals surface area contributed by atoms with E-state index >= 15 is 0 Å². The summed E-state index contributed by atoms with van der Waals surface area (Å²) >= 11 is 0. The number of rotatable bonds is 4. The standard InChI is InChI=1S/C12H14F3NO/c1-16-11-6-8(11)7-17-10-4-2-9(3-5-10)12(13,14)15/h2-5,8,11,16H,6-7H2,1H3. The first-order chi connectivity index (χ1) is 8.00. The SMILES string of the molecule is CNC1CC1COc1ccc(C(F)(F)F)cc1. The second-order valence-corrected chi connectivity index (χ2v) is 4.22. The van der Waals surface area contributed by atoms with Crippen LogP contribution < -0.4 is 10.1 Å². The van der Waals surface area contributed by atoms with Gasteiger partial charge in [-0.3, -0.25) is 0 Å². The van der Waals surface area contributed by atoms with E-state index in [-0.39, 0.29) is 0 Å². The molecule has 0 saturated heterocycles. The molecule has 1 aromatic rings. The number of hydrogen-bond donors (Lipinski definition) is 1. The van der Waals surface area contributed by atoms with Crippen LogP contribution in [-0.4, -0.2) is 19.7 Å². The number of hydrogen-bond acceptors (Lipinski definition) is 2. The van der Waals surface area contributed by atoms with E-state index in [2.05, 4.69) is 5.32 Å². The Morgan fingerprint density at radius 3 is 2.41 bits per heavy atom. The van der Waals surface area contributed by atoms with Crippen LogP contribution in [0.2, 0.25) is 0 Å². The van der Waals surface area contributed by atoms with Crippen LogP contribution >= 0.6 is 0 Å². The Kier molecular flexibility index (Phi) is 3.28. The predicted octanol–water partition coefficient (Wildman–Crippen LogP) is 2.69. The summed E-state index contributed by atoms with van der Waals surface area (Å²) < 4.78 is 42.3. The molecule has 5 heteroatoms. The van der Waals surface area contributed by atoms with Gasteiger partial charge < -0.3 is 10.1 Å². The topological polar surface area (TPSA) is 21.3 Å². The molecule has 0 amide bonds. The number of halogens is 3. The molecule has 1 aliphatic rings. The zero-order valence-electron chi connectivity index (χ0n) is 9.42. The number of ether oxygens (including phenoxy) is 1. The molecule has 2 atom stereocenters. The molecule has 0 radical (unpaired) electrons. The summed E-state index contributed by atoms with van der Waals surface area (Å²) in [5.41, 5.74) is -0.649. The van der Waals surface area contributed by atoms with Crippen molar-refractivity contribution in [2.24, 2.45) is 5.92 Å². The van der Waals surface area contributed by atoms with Gasteiger partial charge in [0.05, 0.1) is 12.2 Å². The highest BCUT2D eigenvalue weighted by Gasteiger charge is 2.36. The van der Waals surface area contributed by atoms with Crippen molar-refractivity contribution >= 4 is 0 Å². The highest BCUT2D eigenvalue weighted by Crippen LogP contribution is 2.32. The van der Waals surface area contributed by atoms with Crippen molar-refractivity contribution in [3.05, 3.63) is 29.8 Å². The summed E-state index contributed by atoms with van der Waals surface area (Å²) in [6.45, 7) is 0.552. The van der Waals surface area contributed by atoms with E-state index in [0.717, 1.165) is 18.6 Å². The number of benzene rings is 1. The molecule has 1 saturated carbocycles. The zero-order valence-corrected chi connectivity index (χ0v) is 9.42. The quantitative estimate of drug-likeness (QED) is 0.880. The van der Waals surface area contributed by atoms with Crippen molar-refractivity contribution in [1.82, 2.24) is 5.32 Å². The average molecular weight is 245 g/mol. The zero-order chi connectivity index (χ0) is 12.5. The minimum Gasteiger partial charge on any atom is -0.493 e. The van der Waals surface area contributed by atoms with Crippen molar-refractivity contribution < 1.29 is 17.9 Å². The molecular weight excluding hydrogens is 231 g/mol. The molecule has 2 rings (SSSR count). The van der Waals surface area contributed by atoms with Crippen molar-refractivity contribution in [1.29, 1.82) is 0 Å². The van der Waals surface area contributed by atoms with Crippen LogP contribution in [0.3, 0.4) is 0 Å². The van der Waals surface area contributed by atoms with Crippen LogP contribution in [0.15, 0.2) is 24.3 Å². The van der Waals surface area contributed by atoms with E-state index in [1.165, 1.54) is 12.1 Å². The Bertz CT molecular complexity index is 374. The first-order valence-corrected chi connectivity index (χ1v) is 5.48. The Hall–Kier alpha value is -1.23. The Morgan fingerprint density at radius 2 is 1.94 bits per heavy atom. The highest BCUT2D eigenvalue weighted by molar-refractivity contribution is 5.28. The maximum atomic E-state index is 12.3. The van der Waals surface area contributed by atoms with Crippen LogP contribution in [0.4, 0.5) is 13.2 Å². The normalized spacial score (nSPS) is 23.5. The lowest BCUT2D eigenvalue weighted by Crippen LogP contribution is -2.14. The second-order valence-electron chi connectivity index (χ2n) is 4.22. The highest BCUT2D eigenvalue weighted by atomic mass is 19.4. The summed E-state index contributed by atoms with van der Waals surface area (Å²) in [6.07, 6.45) is -3.22. The Labute approximate surface area is 97.8 Å². The molecule has 17 heavy (non-hydrogen) atoms. The third-order valence-corrected chi connectivity index (χ3v) is 2.94. The van der Waals surface area contributed by atoms with Crippen molar-refractivity contribution in [2.75, 3.05) is 13.7 Å². The Morgan fingerprint density at radius 1 is 1.29 bits per heavy atom. The molecule has 94 valence electrons. The monoisotopic (exact) mass is 245 g/mol. The molecule has 0 aromatic heterocycles. The van der Waals surface area contributed by atoms with Crippen molar-refractivity contribution in [3.8, 4) is 5.75 Å². The van der Waals surface area contributed by atoms with Gasteiger partial charge in [-0.2, -0.15) is 13.2 Å². The van der Waals surface area contributed by atoms with Crippen LogP contribution in [0.1, 0.15) is 12.0 Å². The van der Waals surface area contributed by atoms with E-state index in [4.69, 9.17) is 4.74 Å². The van der Waals surface area contributed by atoms with Crippen molar-refractivity contribution in [3.63, 3.8) is 0 Å². The van der Waals surface area contributed by atoms with Crippen LogP contribution in [0.5, 0.6) is 5.75 Å². The maximum Gasteiger partial charge on any atom is 0.416 e. The van der Waals surface area contributed by atoms with E-state index in [1.807, 2.05) is 7.05 Å². The molecule has 0 heterocycles. The lowest BCUT2D eigenvalue weighted by atomic mass is 10.2. The first kappa shape index (κ1) is 12.2. The van der Waals surface area contributed by atoms with Crippen LogP contribution in [0.25, 0.3) is 0 Å². The molecule has 1 aromatic carbocycles. The lowest BCUT2D eigenvalue weighted by Gasteiger charge is -2.09. The molecular formula is C12H14F3NO. The minimum absolute atomic E-state index is 0.474. The van der Waals surface area contributed by atoms with Crippen molar-refractivity contribution in [2.45, 2.75) is 18.6 Å². The average Bonchev–Trinajstić information content (AvgIpc) is 3.04. The summed E-state index contributed by atoms with van der Waals surface area (Å²) in [5, 5.41) is 3.13. The molecule has 0 aliphatic heterocycles. The third kappa shape index (κ3) is 3.12. The van der Waals surface area contributed by atoms with Gasteiger partial charge in [-0.15, -0.1) is 0 Å². The van der Waals surface area contributed by atoms with Gasteiger partial charge in [0.15, 0.2) is 0 Å². The summed E-state index contributed by atoms with van der Waals surface area (Å²) in [6, 6.07) is 5.29. The van der Waals surface area contributed by atoms with Gasteiger partial charge in [-0.1, -0.05) is 0 Å². The lowest BCUT2D eigenvalue weighted by molar-refractivity contribution is -0.137. The van der Waals surface area contributed by atoms with Crippen LogP contribution in [0, 0.1) is 5.92 Å². The summed E-state index contributed by atoms with van der Waals surface area (Å²) in [4.78, 5) is 0. The van der Waals surface area contributed by atoms with E-state index < -0.39 is 11.7 Å². The molecule has 2 nitrogen and oxygen atoms in total. The predicted molar refractivity (Wildman–Crippen MR) is 57.9 cm³/mol. The molecule has 1 fully saturated rings. The van der Waals surface area contributed by atoms with Gasteiger partial charge in [0.25, 0.3) is 0 Å². The first-order valence-electron chi connectivity index (χ1n) is 5.48. The van der Waals surface area contributed by atoms with Crippen LogP contribution in [-0.2, 0) is 6.18 Å². The minimum atomic E-state index is -4.29. The fourth-order valence-electron chi connectivity index (χ4n) is 1.73. The second kappa shape index (κ2) is 4.56. The fraction of sp³-hybridized carbons (Fsp3) is 0.500. The maximum absolute atomic E-state index is 12.3. The van der Waals surface area contributed by atoms with Gasteiger partial charge in [0.2, 0.25) is 0 Å². The molecule has 1 N–H and O–H groups in total. The van der Waals surface area contributed by atoms with Gasteiger partial charge in [-0.25, -0.2) is 0 Å². The van der Waals surface area contributed by atoms with E-state index in [9.17, 15) is 13.2 Å². The molecule has 0 bridgehead atoms. The van der Waals surface area contributed by atoms with Gasteiger partial charge in [0.1, 0.15) is 5.75 Å². The molecule has 2 unspecified atom stereocenters.